The number of amides is 1. The molecule has 0 aliphatic carbocycles. The van der Waals surface area contributed by atoms with Crippen LogP contribution in [0.3, 0.4) is 0 Å². The molecule has 120 valence electrons. The fourth-order valence-electron chi connectivity index (χ4n) is 2.20. The highest BCUT2D eigenvalue weighted by Gasteiger charge is 2.09. The number of benzene rings is 1. The van der Waals surface area contributed by atoms with Crippen LogP contribution in [-0.4, -0.2) is 25.8 Å². The van der Waals surface area contributed by atoms with Gasteiger partial charge < -0.3 is 10.3 Å². The summed E-state index contributed by atoms with van der Waals surface area (Å²) in [4.78, 5) is 38.6. The minimum absolute atomic E-state index is 0.200. The third kappa shape index (κ3) is 3.52. The van der Waals surface area contributed by atoms with Gasteiger partial charge in [0.15, 0.2) is 0 Å². The molecule has 1 amide bonds. The number of hydrogen-bond donors (Lipinski definition) is 2. The van der Waals surface area contributed by atoms with Gasteiger partial charge in [-0.2, -0.15) is 0 Å². The van der Waals surface area contributed by atoms with Crippen molar-refractivity contribution in [3.05, 3.63) is 70.2 Å². The van der Waals surface area contributed by atoms with Gasteiger partial charge in [-0.05, 0) is 44.2 Å². The molecule has 2 heterocycles. The van der Waals surface area contributed by atoms with Crippen LogP contribution in [0, 0.1) is 13.8 Å². The van der Waals surface area contributed by atoms with Gasteiger partial charge in [0.2, 0.25) is 0 Å². The molecule has 0 radical (unpaired) electrons. The molecule has 0 atom stereocenters. The minimum Gasteiger partial charge on any atom is -0.321 e. The predicted molar refractivity (Wildman–Crippen MR) is 89.8 cm³/mol. The number of nitrogens with one attached hydrogen (secondary N) is 2. The van der Waals surface area contributed by atoms with E-state index in [9.17, 15) is 9.59 Å². The average Bonchev–Trinajstić information content (AvgIpc) is 2.54. The molecule has 2 aromatic heterocycles. The van der Waals surface area contributed by atoms with Gasteiger partial charge in [-0.3, -0.25) is 9.59 Å². The summed E-state index contributed by atoms with van der Waals surface area (Å²) >= 11 is 0. The summed E-state index contributed by atoms with van der Waals surface area (Å²) < 4.78 is 0. The molecule has 3 aromatic rings. The first-order valence-electron chi connectivity index (χ1n) is 7.30. The van der Waals surface area contributed by atoms with Gasteiger partial charge in [0.1, 0.15) is 17.8 Å². The van der Waals surface area contributed by atoms with Crippen molar-refractivity contribution in [1.29, 1.82) is 0 Å². The quantitative estimate of drug-likeness (QED) is 0.769. The number of anilines is 1. The molecule has 3 rings (SSSR count). The van der Waals surface area contributed by atoms with Crippen LogP contribution in [0.1, 0.15) is 21.9 Å². The van der Waals surface area contributed by atoms with E-state index in [4.69, 9.17) is 0 Å². The lowest BCUT2D eigenvalue weighted by Gasteiger charge is -2.06. The molecular weight excluding hydrogens is 306 g/mol. The Morgan fingerprint density at radius 2 is 1.79 bits per heavy atom. The number of H-pyrrole nitrogens is 1. The number of carbonyl (C=O) groups is 1. The summed E-state index contributed by atoms with van der Waals surface area (Å²) in [6.07, 6.45) is 1.35. The summed E-state index contributed by atoms with van der Waals surface area (Å²) in [6.45, 7) is 3.56. The third-order valence-corrected chi connectivity index (χ3v) is 3.32. The summed E-state index contributed by atoms with van der Waals surface area (Å²) in [7, 11) is 0. The van der Waals surface area contributed by atoms with Crippen molar-refractivity contribution in [2.45, 2.75) is 13.8 Å². The Kier molecular flexibility index (Phi) is 4.15. The number of nitrogens with zero attached hydrogens (tertiary/aromatic N) is 3. The molecule has 0 spiro atoms. The van der Waals surface area contributed by atoms with E-state index in [1.807, 2.05) is 0 Å². The minimum atomic E-state index is -0.310. The fraction of sp³-hybridized carbons (Fsp3) is 0.118. The van der Waals surface area contributed by atoms with Crippen molar-refractivity contribution in [1.82, 2.24) is 19.9 Å². The monoisotopic (exact) mass is 321 g/mol. The Morgan fingerprint density at radius 1 is 1.04 bits per heavy atom. The van der Waals surface area contributed by atoms with Crippen LogP contribution < -0.4 is 10.9 Å². The topological polar surface area (TPSA) is 101 Å². The van der Waals surface area contributed by atoms with Crippen LogP contribution in [0.15, 0.2) is 47.5 Å². The van der Waals surface area contributed by atoms with Gasteiger partial charge in [0, 0.05) is 28.7 Å². The maximum Gasteiger partial charge on any atom is 0.274 e. The summed E-state index contributed by atoms with van der Waals surface area (Å²) in [6, 6.07) is 10.1. The third-order valence-electron chi connectivity index (χ3n) is 3.32. The van der Waals surface area contributed by atoms with Crippen LogP contribution in [0.2, 0.25) is 0 Å². The van der Waals surface area contributed by atoms with Crippen molar-refractivity contribution in [2.24, 2.45) is 0 Å². The van der Waals surface area contributed by atoms with Crippen LogP contribution >= 0.6 is 0 Å². The molecule has 1 aromatic carbocycles. The SMILES string of the molecule is Cc1cc(C(=O)Nc2ccc(-c3nc(C)cc(=O)[nH]3)cc2)ncn1. The Bertz CT molecular complexity index is 948. The maximum absolute atomic E-state index is 12.1. The molecule has 0 saturated carbocycles. The molecule has 0 aliphatic rings. The lowest BCUT2D eigenvalue weighted by molar-refractivity contribution is 0.102. The Labute approximate surface area is 137 Å². The van der Waals surface area contributed by atoms with Crippen molar-refractivity contribution < 1.29 is 4.79 Å². The molecular formula is C17H15N5O2. The van der Waals surface area contributed by atoms with Crippen LogP contribution in [0.4, 0.5) is 5.69 Å². The largest absolute Gasteiger partial charge is 0.321 e. The highest BCUT2D eigenvalue weighted by molar-refractivity contribution is 6.02. The zero-order valence-corrected chi connectivity index (χ0v) is 13.2. The predicted octanol–water partition coefficient (Wildman–Crippen LogP) is 2.10. The number of carbonyl (C=O) groups excluding carboxylic acids is 1. The van der Waals surface area contributed by atoms with E-state index in [-0.39, 0.29) is 11.5 Å². The molecule has 0 saturated heterocycles. The van der Waals surface area contributed by atoms with E-state index in [0.717, 1.165) is 11.3 Å². The standard InChI is InChI=1S/C17H15N5O2/c1-10-7-14(19-9-18-10)17(24)21-13-5-3-12(4-6-13)16-20-11(2)8-15(23)22-16/h3-9H,1-2H3,(H,21,24)(H,20,22,23). The Hall–Kier alpha value is -3.35. The first kappa shape index (κ1) is 15.5. The Morgan fingerprint density at radius 3 is 2.46 bits per heavy atom. The number of aryl methyl sites for hydroxylation is 2. The van der Waals surface area contributed by atoms with Crippen molar-refractivity contribution in [3.8, 4) is 11.4 Å². The average molecular weight is 321 g/mol. The lowest BCUT2D eigenvalue weighted by Crippen LogP contribution is -2.14. The smallest absolute Gasteiger partial charge is 0.274 e. The van der Waals surface area contributed by atoms with Gasteiger partial charge >= 0.3 is 0 Å². The van der Waals surface area contributed by atoms with E-state index in [1.165, 1.54) is 12.4 Å². The second-order valence-electron chi connectivity index (χ2n) is 5.31. The van der Waals surface area contributed by atoms with E-state index >= 15 is 0 Å². The first-order valence-corrected chi connectivity index (χ1v) is 7.30. The first-order chi connectivity index (χ1) is 11.5. The molecule has 0 fully saturated rings. The van der Waals surface area contributed by atoms with Gasteiger partial charge in [0.25, 0.3) is 11.5 Å². The highest BCUT2D eigenvalue weighted by Crippen LogP contribution is 2.17. The van der Waals surface area contributed by atoms with Crippen LogP contribution in [0.5, 0.6) is 0 Å². The van der Waals surface area contributed by atoms with Gasteiger partial charge in [-0.15, -0.1) is 0 Å². The number of rotatable bonds is 3. The van der Waals surface area contributed by atoms with Crippen molar-refractivity contribution in [2.75, 3.05) is 5.32 Å². The number of aromatic nitrogens is 4. The summed E-state index contributed by atoms with van der Waals surface area (Å²) in [5, 5.41) is 2.77. The molecule has 0 aliphatic heterocycles. The lowest BCUT2D eigenvalue weighted by atomic mass is 10.2. The fourth-order valence-corrected chi connectivity index (χ4v) is 2.20. The molecule has 2 N–H and O–H groups in total. The van der Waals surface area contributed by atoms with Crippen molar-refractivity contribution >= 4 is 11.6 Å². The highest BCUT2D eigenvalue weighted by atomic mass is 16.2. The molecule has 0 bridgehead atoms. The number of aromatic amines is 1. The van der Waals surface area contributed by atoms with Crippen LogP contribution in [-0.2, 0) is 0 Å². The van der Waals surface area contributed by atoms with E-state index < -0.39 is 0 Å². The number of hydrogen-bond acceptors (Lipinski definition) is 5. The van der Waals surface area contributed by atoms with E-state index in [1.54, 1.807) is 44.2 Å². The molecule has 0 unspecified atom stereocenters. The van der Waals surface area contributed by atoms with Gasteiger partial charge in [-0.1, -0.05) is 0 Å². The van der Waals surface area contributed by atoms with Gasteiger partial charge in [-0.25, -0.2) is 15.0 Å². The normalized spacial score (nSPS) is 10.4. The zero-order chi connectivity index (χ0) is 17.1. The maximum atomic E-state index is 12.1. The van der Waals surface area contributed by atoms with Gasteiger partial charge in [0.05, 0.1) is 0 Å². The molecule has 7 heteroatoms. The van der Waals surface area contributed by atoms with E-state index in [2.05, 4.69) is 25.3 Å². The second kappa shape index (κ2) is 6.41. The summed E-state index contributed by atoms with van der Waals surface area (Å²) in [5.41, 5.74) is 2.84. The zero-order valence-electron chi connectivity index (χ0n) is 13.2. The summed E-state index contributed by atoms with van der Waals surface area (Å²) in [5.74, 6) is 0.180. The van der Waals surface area contributed by atoms with Crippen LogP contribution in [0.25, 0.3) is 11.4 Å². The van der Waals surface area contributed by atoms with Crippen molar-refractivity contribution in [3.63, 3.8) is 0 Å². The second-order valence-corrected chi connectivity index (χ2v) is 5.31. The Balaban J connectivity index is 1.79. The molecule has 7 nitrogen and oxygen atoms in total. The molecule has 24 heavy (non-hydrogen) atoms. The van der Waals surface area contributed by atoms with E-state index in [0.29, 0.717) is 22.9 Å².